The molecule has 1 aliphatic rings. The Morgan fingerprint density at radius 1 is 1.00 bits per heavy atom. The first-order valence-corrected chi connectivity index (χ1v) is 11.9. The minimum Gasteiger partial charge on any atom is -0.487 e. The van der Waals surface area contributed by atoms with Crippen LogP contribution in [-0.2, 0) is 22.6 Å². The van der Waals surface area contributed by atoms with Crippen molar-refractivity contribution in [3.05, 3.63) is 111 Å². The molecule has 1 heterocycles. The van der Waals surface area contributed by atoms with E-state index in [4.69, 9.17) is 4.74 Å². The summed E-state index contributed by atoms with van der Waals surface area (Å²) in [6, 6.07) is 17.4. The Labute approximate surface area is 207 Å². The van der Waals surface area contributed by atoms with Crippen molar-refractivity contribution in [1.82, 2.24) is 4.98 Å². The second kappa shape index (κ2) is 11.5. The van der Waals surface area contributed by atoms with E-state index in [1.54, 1.807) is 18.3 Å². The maximum Gasteiger partial charge on any atom is 0.163 e. The summed E-state index contributed by atoms with van der Waals surface area (Å²) in [6.45, 7) is 0.353. The van der Waals surface area contributed by atoms with Crippen LogP contribution in [-0.4, -0.2) is 16.6 Å². The summed E-state index contributed by atoms with van der Waals surface area (Å²) < 4.78 is 6.63. The predicted octanol–water partition coefficient (Wildman–Crippen LogP) is 6.64. The quantitative estimate of drug-likeness (QED) is 0.237. The summed E-state index contributed by atoms with van der Waals surface area (Å²) in [4.78, 5) is 28.9. The number of carbonyl (C=O) groups excluding carboxylic acids is 2. The number of hydrogen-bond acceptors (Lipinski definition) is 4. The summed E-state index contributed by atoms with van der Waals surface area (Å²) in [5.41, 5.74) is 5.10. The number of ether oxygens (including phenoxy) is 1. The topological polar surface area (TPSA) is 56.3 Å². The van der Waals surface area contributed by atoms with Gasteiger partial charge in [-0.05, 0) is 77.6 Å². The third-order valence-corrected chi connectivity index (χ3v) is 6.11. The standard InChI is InChI=1S/C29H24BrNO3/c30-29-15-14-28(34-20-25-7-3-4-16-31-25)18-24(29)11-13-27(33)19-26(32)12-9-21-8-10-22-5-1-2-6-23(22)17-21/h1,3-5,7-18H,2,6,19-20H2/b12-9+,13-11+. The number of rotatable bonds is 9. The Hall–Kier alpha value is -3.57. The Balaban J connectivity index is 1.32. The van der Waals surface area contributed by atoms with E-state index in [2.05, 4.69) is 45.2 Å². The number of benzene rings is 2. The van der Waals surface area contributed by atoms with Gasteiger partial charge in [-0.25, -0.2) is 0 Å². The first kappa shape index (κ1) is 23.6. The molecule has 5 heteroatoms. The lowest BCUT2D eigenvalue weighted by atomic mass is 9.95. The summed E-state index contributed by atoms with van der Waals surface area (Å²) >= 11 is 3.49. The molecular weight excluding hydrogens is 490 g/mol. The number of ketones is 2. The molecular formula is C29H24BrNO3. The number of halogens is 1. The van der Waals surface area contributed by atoms with Crippen LogP contribution in [0, 0.1) is 0 Å². The normalized spacial score (nSPS) is 12.7. The maximum atomic E-state index is 12.3. The van der Waals surface area contributed by atoms with E-state index in [9.17, 15) is 9.59 Å². The number of fused-ring (bicyclic) bond motifs is 1. The van der Waals surface area contributed by atoms with Gasteiger partial charge in [0.25, 0.3) is 0 Å². The zero-order valence-electron chi connectivity index (χ0n) is 18.6. The van der Waals surface area contributed by atoms with Crippen molar-refractivity contribution >= 4 is 45.7 Å². The molecule has 2 aromatic carbocycles. The minimum absolute atomic E-state index is 0.172. The number of carbonyl (C=O) groups is 2. The van der Waals surface area contributed by atoms with E-state index in [0.717, 1.165) is 34.1 Å². The van der Waals surface area contributed by atoms with E-state index >= 15 is 0 Å². The molecule has 1 aliphatic carbocycles. The van der Waals surface area contributed by atoms with Gasteiger partial charge in [0.2, 0.25) is 0 Å². The van der Waals surface area contributed by atoms with Gasteiger partial charge in [0.15, 0.2) is 11.6 Å². The molecule has 0 amide bonds. The smallest absolute Gasteiger partial charge is 0.163 e. The summed E-state index contributed by atoms with van der Waals surface area (Å²) in [5, 5.41) is 0. The zero-order chi connectivity index (χ0) is 23.8. The van der Waals surface area contributed by atoms with Crippen molar-refractivity contribution in [3.63, 3.8) is 0 Å². The number of hydrogen-bond donors (Lipinski definition) is 0. The van der Waals surface area contributed by atoms with Gasteiger partial charge in [0, 0.05) is 10.7 Å². The van der Waals surface area contributed by atoms with Gasteiger partial charge in [-0.1, -0.05) is 64.5 Å². The fourth-order valence-corrected chi connectivity index (χ4v) is 3.98. The largest absolute Gasteiger partial charge is 0.487 e. The Morgan fingerprint density at radius 2 is 1.85 bits per heavy atom. The Bertz CT molecular complexity index is 1280. The number of aryl methyl sites for hydroxylation is 1. The lowest BCUT2D eigenvalue weighted by Gasteiger charge is -2.10. The molecule has 4 nitrogen and oxygen atoms in total. The lowest BCUT2D eigenvalue weighted by Crippen LogP contribution is -2.02. The third kappa shape index (κ3) is 6.72. The molecule has 0 bridgehead atoms. The van der Waals surface area contributed by atoms with Crippen molar-refractivity contribution in [3.8, 4) is 5.75 Å². The van der Waals surface area contributed by atoms with Gasteiger partial charge in [0.05, 0.1) is 12.1 Å². The van der Waals surface area contributed by atoms with Crippen molar-refractivity contribution in [2.45, 2.75) is 25.9 Å². The molecule has 0 aliphatic heterocycles. The van der Waals surface area contributed by atoms with Crippen LogP contribution < -0.4 is 4.74 Å². The molecule has 0 saturated carbocycles. The highest BCUT2D eigenvalue weighted by atomic mass is 79.9. The van der Waals surface area contributed by atoms with Crippen molar-refractivity contribution in [1.29, 1.82) is 0 Å². The molecule has 0 N–H and O–H groups in total. The van der Waals surface area contributed by atoms with E-state index < -0.39 is 0 Å². The zero-order valence-corrected chi connectivity index (χ0v) is 20.2. The number of pyridine rings is 1. The molecule has 0 fully saturated rings. The number of allylic oxidation sites excluding steroid dienone is 3. The van der Waals surface area contributed by atoms with Crippen LogP contribution >= 0.6 is 15.9 Å². The molecule has 0 radical (unpaired) electrons. The summed E-state index contributed by atoms with van der Waals surface area (Å²) in [6.07, 6.45) is 14.3. The second-order valence-electron chi connectivity index (χ2n) is 7.97. The molecule has 0 unspecified atom stereocenters. The molecule has 170 valence electrons. The first-order chi connectivity index (χ1) is 16.6. The maximum absolute atomic E-state index is 12.3. The van der Waals surface area contributed by atoms with Gasteiger partial charge in [-0.2, -0.15) is 0 Å². The van der Waals surface area contributed by atoms with Crippen LogP contribution in [0.25, 0.3) is 18.2 Å². The van der Waals surface area contributed by atoms with Crippen LogP contribution in [0.5, 0.6) is 5.75 Å². The highest BCUT2D eigenvalue weighted by molar-refractivity contribution is 9.10. The third-order valence-electron chi connectivity index (χ3n) is 5.38. The van der Waals surface area contributed by atoms with Crippen molar-refractivity contribution in [2.75, 3.05) is 0 Å². The van der Waals surface area contributed by atoms with Gasteiger partial charge < -0.3 is 4.74 Å². The molecule has 0 spiro atoms. The fourth-order valence-electron chi connectivity index (χ4n) is 3.60. The van der Waals surface area contributed by atoms with Crippen molar-refractivity contribution < 1.29 is 14.3 Å². The van der Waals surface area contributed by atoms with Crippen LogP contribution in [0.1, 0.15) is 40.8 Å². The summed E-state index contributed by atoms with van der Waals surface area (Å²) in [5.74, 6) is 0.191. The van der Waals surface area contributed by atoms with Gasteiger partial charge in [0.1, 0.15) is 12.4 Å². The monoisotopic (exact) mass is 513 g/mol. The molecule has 3 aromatic rings. The fraction of sp³-hybridized carbons (Fsp3) is 0.138. The molecule has 1 aromatic heterocycles. The van der Waals surface area contributed by atoms with Crippen LogP contribution in [0.3, 0.4) is 0 Å². The second-order valence-corrected chi connectivity index (χ2v) is 8.82. The molecule has 4 rings (SSSR count). The van der Waals surface area contributed by atoms with Gasteiger partial charge in [-0.3, -0.25) is 14.6 Å². The van der Waals surface area contributed by atoms with E-state index in [1.165, 1.54) is 23.3 Å². The van der Waals surface area contributed by atoms with E-state index in [-0.39, 0.29) is 18.0 Å². The molecule has 0 saturated heterocycles. The van der Waals surface area contributed by atoms with Gasteiger partial charge in [-0.15, -0.1) is 0 Å². The van der Waals surface area contributed by atoms with Crippen LogP contribution in [0.2, 0.25) is 0 Å². The number of nitrogens with zero attached hydrogens (tertiary/aromatic N) is 1. The highest BCUT2D eigenvalue weighted by Crippen LogP contribution is 2.25. The Kier molecular flexibility index (Phi) is 7.99. The number of aromatic nitrogens is 1. The highest BCUT2D eigenvalue weighted by Gasteiger charge is 2.07. The average molecular weight is 514 g/mol. The molecule has 0 atom stereocenters. The SMILES string of the molecule is O=C(/C=C/c1ccc2c(c1)CCC=C2)CC(=O)/C=C/c1cc(OCc2ccccn2)ccc1Br. The van der Waals surface area contributed by atoms with Gasteiger partial charge >= 0.3 is 0 Å². The molecule has 34 heavy (non-hydrogen) atoms. The summed E-state index contributed by atoms with van der Waals surface area (Å²) in [7, 11) is 0. The lowest BCUT2D eigenvalue weighted by molar-refractivity contribution is -0.121. The average Bonchev–Trinajstić information content (AvgIpc) is 2.86. The minimum atomic E-state index is -0.253. The van der Waals surface area contributed by atoms with E-state index in [0.29, 0.717) is 12.4 Å². The predicted molar refractivity (Wildman–Crippen MR) is 139 cm³/mol. The van der Waals surface area contributed by atoms with Crippen LogP contribution in [0.4, 0.5) is 0 Å². The van der Waals surface area contributed by atoms with Crippen molar-refractivity contribution in [2.24, 2.45) is 0 Å². The Morgan fingerprint density at radius 3 is 2.68 bits per heavy atom. The first-order valence-electron chi connectivity index (χ1n) is 11.1. The van der Waals surface area contributed by atoms with E-state index in [1.807, 2.05) is 42.5 Å². The van der Waals surface area contributed by atoms with Crippen LogP contribution in [0.15, 0.2) is 83.5 Å².